The zero-order chi connectivity index (χ0) is 17.8. The molecule has 1 heterocycles. The van der Waals surface area contributed by atoms with Crippen LogP contribution in [0.25, 0.3) is 11.0 Å². The predicted octanol–water partition coefficient (Wildman–Crippen LogP) is 3.81. The number of fused-ring (bicyclic) bond motifs is 1. The second-order valence-electron chi connectivity index (χ2n) is 5.79. The lowest BCUT2D eigenvalue weighted by Crippen LogP contribution is -2.08. The lowest BCUT2D eigenvalue weighted by atomic mass is 10.1. The minimum atomic E-state index is -0.398. The van der Waals surface area contributed by atoms with Crippen LogP contribution in [0.2, 0.25) is 0 Å². The molecule has 128 valence electrons. The molecule has 0 bridgehead atoms. The van der Waals surface area contributed by atoms with Crippen LogP contribution in [-0.2, 0) is 27.3 Å². The highest BCUT2D eigenvalue weighted by atomic mass is 16.5. The molecule has 5 nitrogen and oxygen atoms in total. The number of hydrogen-bond donors (Lipinski definition) is 0. The average Bonchev–Trinajstić information content (AvgIpc) is 3.01. The maximum absolute atomic E-state index is 12.1. The van der Waals surface area contributed by atoms with E-state index in [9.17, 15) is 9.59 Å². The molecule has 1 aromatic heterocycles. The van der Waals surface area contributed by atoms with Gasteiger partial charge in [-0.05, 0) is 36.2 Å². The number of esters is 2. The zero-order valence-electron chi connectivity index (χ0n) is 14.1. The van der Waals surface area contributed by atoms with Crippen LogP contribution >= 0.6 is 0 Å². The summed E-state index contributed by atoms with van der Waals surface area (Å²) in [5.74, 6) is -0.731. The van der Waals surface area contributed by atoms with Crippen molar-refractivity contribution in [3.05, 3.63) is 71.0 Å². The molecule has 0 saturated heterocycles. The van der Waals surface area contributed by atoms with Gasteiger partial charge in [0.15, 0.2) is 0 Å². The molecule has 0 aliphatic rings. The van der Waals surface area contributed by atoms with E-state index in [4.69, 9.17) is 9.15 Å². The molecule has 0 unspecified atom stereocenters. The van der Waals surface area contributed by atoms with E-state index in [1.54, 1.807) is 30.5 Å². The van der Waals surface area contributed by atoms with Gasteiger partial charge in [0, 0.05) is 10.9 Å². The van der Waals surface area contributed by atoms with Crippen molar-refractivity contribution in [2.75, 3.05) is 7.11 Å². The van der Waals surface area contributed by atoms with Crippen LogP contribution in [0.15, 0.2) is 53.1 Å². The molecule has 0 saturated carbocycles. The Hall–Kier alpha value is -3.08. The van der Waals surface area contributed by atoms with Crippen molar-refractivity contribution >= 4 is 22.9 Å². The van der Waals surface area contributed by atoms with Gasteiger partial charge in [-0.2, -0.15) is 0 Å². The highest BCUT2D eigenvalue weighted by Crippen LogP contribution is 2.23. The SMILES string of the molecule is COC(=O)c1ccc(COC(=O)Cc2coc3cc(C)ccc23)cc1. The minimum Gasteiger partial charge on any atom is -0.465 e. The van der Waals surface area contributed by atoms with Crippen molar-refractivity contribution in [3.8, 4) is 0 Å². The molecular weight excluding hydrogens is 320 g/mol. The van der Waals surface area contributed by atoms with Crippen molar-refractivity contribution in [3.63, 3.8) is 0 Å². The van der Waals surface area contributed by atoms with Crippen molar-refractivity contribution in [1.82, 2.24) is 0 Å². The van der Waals surface area contributed by atoms with Crippen LogP contribution in [0.5, 0.6) is 0 Å². The maximum atomic E-state index is 12.1. The first-order valence-electron chi connectivity index (χ1n) is 7.86. The number of aryl methyl sites for hydroxylation is 1. The fraction of sp³-hybridized carbons (Fsp3) is 0.200. The van der Waals surface area contributed by atoms with Gasteiger partial charge in [-0.1, -0.05) is 24.3 Å². The molecule has 0 aliphatic carbocycles. The van der Waals surface area contributed by atoms with E-state index in [1.807, 2.05) is 25.1 Å². The third-order valence-electron chi connectivity index (χ3n) is 3.92. The normalized spacial score (nSPS) is 10.6. The van der Waals surface area contributed by atoms with E-state index in [2.05, 4.69) is 4.74 Å². The van der Waals surface area contributed by atoms with Gasteiger partial charge in [0.2, 0.25) is 0 Å². The number of rotatable bonds is 5. The second kappa shape index (κ2) is 7.21. The molecule has 0 amide bonds. The molecule has 0 spiro atoms. The smallest absolute Gasteiger partial charge is 0.337 e. The van der Waals surface area contributed by atoms with Crippen molar-refractivity contribution < 1.29 is 23.5 Å². The number of hydrogen-bond acceptors (Lipinski definition) is 5. The van der Waals surface area contributed by atoms with E-state index < -0.39 is 5.97 Å². The van der Waals surface area contributed by atoms with Gasteiger partial charge in [0.1, 0.15) is 12.2 Å². The molecule has 0 fully saturated rings. The van der Waals surface area contributed by atoms with E-state index in [0.717, 1.165) is 27.7 Å². The minimum absolute atomic E-state index is 0.148. The molecular formula is C20H18O5. The summed E-state index contributed by atoms with van der Waals surface area (Å²) in [6, 6.07) is 12.6. The summed E-state index contributed by atoms with van der Waals surface area (Å²) in [5, 5.41) is 0.921. The van der Waals surface area contributed by atoms with E-state index in [-0.39, 0.29) is 19.0 Å². The first-order chi connectivity index (χ1) is 12.1. The first-order valence-corrected chi connectivity index (χ1v) is 7.86. The zero-order valence-corrected chi connectivity index (χ0v) is 14.1. The Bertz CT molecular complexity index is 905. The Kier molecular flexibility index (Phi) is 4.84. The van der Waals surface area contributed by atoms with Crippen LogP contribution < -0.4 is 0 Å². The number of benzene rings is 2. The van der Waals surface area contributed by atoms with Gasteiger partial charge < -0.3 is 13.9 Å². The Labute approximate surface area is 145 Å². The van der Waals surface area contributed by atoms with Crippen LogP contribution in [-0.4, -0.2) is 19.0 Å². The molecule has 5 heteroatoms. The van der Waals surface area contributed by atoms with Crippen molar-refractivity contribution in [2.24, 2.45) is 0 Å². The molecule has 3 aromatic rings. The molecule has 0 N–H and O–H groups in total. The Morgan fingerprint density at radius 1 is 1.08 bits per heavy atom. The number of methoxy groups -OCH3 is 1. The Morgan fingerprint density at radius 2 is 1.84 bits per heavy atom. The Morgan fingerprint density at radius 3 is 2.56 bits per heavy atom. The molecule has 2 aromatic carbocycles. The summed E-state index contributed by atoms with van der Waals surface area (Å²) in [5.41, 5.74) is 3.93. The van der Waals surface area contributed by atoms with Crippen LogP contribution in [0.1, 0.15) is 27.0 Å². The third kappa shape index (κ3) is 3.88. The topological polar surface area (TPSA) is 65.7 Å². The summed E-state index contributed by atoms with van der Waals surface area (Å²) in [7, 11) is 1.33. The third-order valence-corrected chi connectivity index (χ3v) is 3.92. The van der Waals surface area contributed by atoms with Gasteiger partial charge in [-0.15, -0.1) is 0 Å². The second-order valence-corrected chi connectivity index (χ2v) is 5.79. The Balaban J connectivity index is 1.60. The summed E-state index contributed by atoms with van der Waals surface area (Å²) in [4.78, 5) is 23.5. The summed E-state index contributed by atoms with van der Waals surface area (Å²) >= 11 is 0. The fourth-order valence-corrected chi connectivity index (χ4v) is 2.55. The lowest BCUT2D eigenvalue weighted by Gasteiger charge is -2.05. The van der Waals surface area contributed by atoms with Gasteiger partial charge in [0.05, 0.1) is 25.4 Å². The monoisotopic (exact) mass is 338 g/mol. The highest BCUT2D eigenvalue weighted by molar-refractivity contribution is 5.89. The molecule has 0 aliphatic heterocycles. The van der Waals surface area contributed by atoms with Crippen LogP contribution in [0, 0.1) is 6.92 Å². The summed E-state index contributed by atoms with van der Waals surface area (Å²) < 4.78 is 15.4. The largest absolute Gasteiger partial charge is 0.465 e. The number of carbonyl (C=O) groups excluding carboxylic acids is 2. The van der Waals surface area contributed by atoms with Gasteiger partial charge >= 0.3 is 11.9 Å². The standard InChI is InChI=1S/C20H18O5/c1-13-3-8-17-16(12-24-18(17)9-13)10-19(21)25-11-14-4-6-15(7-5-14)20(22)23-2/h3-9,12H,10-11H2,1-2H3. The van der Waals surface area contributed by atoms with Crippen LogP contribution in [0.3, 0.4) is 0 Å². The molecule has 0 radical (unpaired) electrons. The van der Waals surface area contributed by atoms with Crippen LogP contribution in [0.4, 0.5) is 0 Å². The van der Waals surface area contributed by atoms with Crippen molar-refractivity contribution in [1.29, 1.82) is 0 Å². The van der Waals surface area contributed by atoms with Gasteiger partial charge in [-0.25, -0.2) is 4.79 Å². The molecule has 25 heavy (non-hydrogen) atoms. The average molecular weight is 338 g/mol. The lowest BCUT2D eigenvalue weighted by molar-refractivity contribution is -0.144. The van der Waals surface area contributed by atoms with E-state index in [1.165, 1.54) is 7.11 Å². The highest BCUT2D eigenvalue weighted by Gasteiger charge is 2.12. The van der Waals surface area contributed by atoms with Gasteiger partial charge in [-0.3, -0.25) is 4.79 Å². The summed E-state index contributed by atoms with van der Waals surface area (Å²) in [6.45, 7) is 2.14. The summed E-state index contributed by atoms with van der Waals surface area (Å²) in [6.07, 6.45) is 1.74. The quantitative estimate of drug-likeness (QED) is 0.662. The molecule has 0 atom stereocenters. The van der Waals surface area contributed by atoms with E-state index >= 15 is 0 Å². The fourth-order valence-electron chi connectivity index (χ4n) is 2.55. The number of ether oxygens (including phenoxy) is 2. The maximum Gasteiger partial charge on any atom is 0.337 e. The number of furan rings is 1. The van der Waals surface area contributed by atoms with Crippen molar-refractivity contribution in [2.45, 2.75) is 20.0 Å². The predicted molar refractivity (Wildman–Crippen MR) is 92.2 cm³/mol. The number of carbonyl (C=O) groups is 2. The molecule has 3 rings (SSSR count). The van der Waals surface area contributed by atoms with E-state index in [0.29, 0.717) is 5.56 Å². The van der Waals surface area contributed by atoms with Gasteiger partial charge in [0.25, 0.3) is 0 Å². The first kappa shape index (κ1) is 16.8.